The van der Waals surface area contributed by atoms with Crippen molar-refractivity contribution in [1.29, 1.82) is 0 Å². The summed E-state index contributed by atoms with van der Waals surface area (Å²) < 4.78 is 13.3. The predicted molar refractivity (Wildman–Crippen MR) is 95.4 cm³/mol. The van der Waals surface area contributed by atoms with Crippen LogP contribution >= 0.6 is 11.6 Å². The number of hydrogen-bond donors (Lipinski definition) is 1. The van der Waals surface area contributed by atoms with Crippen molar-refractivity contribution in [1.82, 2.24) is 10.2 Å². The van der Waals surface area contributed by atoms with Crippen molar-refractivity contribution in [3.8, 4) is 0 Å². The van der Waals surface area contributed by atoms with E-state index in [4.69, 9.17) is 11.6 Å². The molecular weight excluding hydrogens is 327 g/mol. The molecule has 0 aliphatic heterocycles. The number of carbonyl (C=O) groups excluding carboxylic acids is 1. The second-order valence-electron chi connectivity index (χ2n) is 5.78. The van der Waals surface area contributed by atoms with Crippen LogP contribution in [-0.4, -0.2) is 23.9 Å². The largest absolute Gasteiger partial charge is 0.348 e. The zero-order chi connectivity index (χ0) is 17.5. The van der Waals surface area contributed by atoms with Crippen LogP contribution in [0.15, 0.2) is 48.5 Å². The van der Waals surface area contributed by atoms with Crippen molar-refractivity contribution in [2.45, 2.75) is 26.4 Å². The fourth-order valence-corrected chi connectivity index (χ4v) is 2.72. The van der Waals surface area contributed by atoms with E-state index in [1.54, 1.807) is 12.1 Å². The molecule has 1 N–H and O–H groups in total. The number of benzene rings is 2. The monoisotopic (exact) mass is 348 g/mol. The Kier molecular flexibility index (Phi) is 6.76. The first-order valence-corrected chi connectivity index (χ1v) is 8.37. The maximum atomic E-state index is 13.3. The van der Waals surface area contributed by atoms with E-state index in [1.807, 2.05) is 43.0 Å². The Labute approximate surface area is 147 Å². The quantitative estimate of drug-likeness (QED) is 0.814. The standard InChI is InChI=1S/C19H22ClFN2O/c1-3-23(12-15-6-4-9-18(21)10-15)13-19(24)22-14(2)16-7-5-8-17(20)11-16/h4-11,14H,3,12-13H2,1-2H3,(H,22,24). The molecule has 0 saturated heterocycles. The molecular formula is C19H22ClFN2O. The molecule has 0 heterocycles. The number of likely N-dealkylation sites (N-methyl/N-ethyl adjacent to an activating group) is 1. The molecule has 2 aromatic carbocycles. The highest BCUT2D eigenvalue weighted by Gasteiger charge is 2.13. The van der Waals surface area contributed by atoms with Crippen molar-refractivity contribution >= 4 is 17.5 Å². The van der Waals surface area contributed by atoms with E-state index in [-0.39, 0.29) is 24.3 Å². The average molecular weight is 349 g/mol. The van der Waals surface area contributed by atoms with Gasteiger partial charge in [-0.2, -0.15) is 0 Å². The summed E-state index contributed by atoms with van der Waals surface area (Å²) in [6.07, 6.45) is 0. The van der Waals surface area contributed by atoms with Crippen LogP contribution in [0.1, 0.15) is 31.0 Å². The van der Waals surface area contributed by atoms with Crippen LogP contribution in [0.4, 0.5) is 4.39 Å². The van der Waals surface area contributed by atoms with E-state index < -0.39 is 0 Å². The summed E-state index contributed by atoms with van der Waals surface area (Å²) in [7, 11) is 0. The Hall–Kier alpha value is -1.91. The van der Waals surface area contributed by atoms with Gasteiger partial charge >= 0.3 is 0 Å². The van der Waals surface area contributed by atoms with Crippen LogP contribution in [0, 0.1) is 5.82 Å². The first kappa shape index (κ1) is 18.4. The van der Waals surface area contributed by atoms with Crippen LogP contribution in [0.2, 0.25) is 5.02 Å². The summed E-state index contributed by atoms with van der Waals surface area (Å²) in [4.78, 5) is 14.2. The minimum Gasteiger partial charge on any atom is -0.348 e. The number of hydrogen-bond acceptors (Lipinski definition) is 2. The molecule has 128 valence electrons. The van der Waals surface area contributed by atoms with Gasteiger partial charge in [0.15, 0.2) is 0 Å². The summed E-state index contributed by atoms with van der Waals surface area (Å²) >= 11 is 5.98. The van der Waals surface area contributed by atoms with Gasteiger partial charge in [-0.1, -0.05) is 42.8 Å². The Morgan fingerprint density at radius 3 is 2.67 bits per heavy atom. The fourth-order valence-electron chi connectivity index (χ4n) is 2.52. The predicted octanol–water partition coefficient (Wildman–Crippen LogP) is 4.18. The summed E-state index contributed by atoms with van der Waals surface area (Å²) in [5.41, 5.74) is 1.82. The molecule has 0 aliphatic rings. The first-order chi connectivity index (χ1) is 11.5. The summed E-state index contributed by atoms with van der Waals surface area (Å²) in [5, 5.41) is 3.62. The summed E-state index contributed by atoms with van der Waals surface area (Å²) in [6, 6.07) is 13.8. The molecule has 1 amide bonds. The van der Waals surface area contributed by atoms with E-state index in [0.717, 1.165) is 11.1 Å². The van der Waals surface area contributed by atoms with Gasteiger partial charge in [-0.3, -0.25) is 9.69 Å². The van der Waals surface area contributed by atoms with E-state index in [1.165, 1.54) is 12.1 Å². The van der Waals surface area contributed by atoms with Crippen LogP contribution in [0.3, 0.4) is 0 Å². The third kappa shape index (κ3) is 5.62. The molecule has 5 heteroatoms. The maximum Gasteiger partial charge on any atom is 0.234 e. The molecule has 0 bridgehead atoms. The summed E-state index contributed by atoms with van der Waals surface area (Å²) in [6.45, 7) is 5.40. The van der Waals surface area contributed by atoms with Crippen molar-refractivity contribution in [2.24, 2.45) is 0 Å². The molecule has 1 atom stereocenters. The molecule has 2 rings (SSSR count). The normalized spacial score (nSPS) is 12.2. The molecule has 0 spiro atoms. The molecule has 0 radical (unpaired) electrons. The lowest BCUT2D eigenvalue weighted by Gasteiger charge is -2.22. The van der Waals surface area contributed by atoms with Gasteiger partial charge in [0.05, 0.1) is 12.6 Å². The summed E-state index contributed by atoms with van der Waals surface area (Å²) in [5.74, 6) is -0.330. The van der Waals surface area contributed by atoms with Crippen LogP contribution < -0.4 is 5.32 Å². The zero-order valence-corrected chi connectivity index (χ0v) is 14.7. The van der Waals surface area contributed by atoms with Gasteiger partial charge in [0, 0.05) is 11.6 Å². The van der Waals surface area contributed by atoms with E-state index >= 15 is 0 Å². The van der Waals surface area contributed by atoms with E-state index in [2.05, 4.69) is 5.32 Å². The van der Waals surface area contributed by atoms with Crippen molar-refractivity contribution in [2.75, 3.05) is 13.1 Å². The highest BCUT2D eigenvalue weighted by molar-refractivity contribution is 6.30. The SMILES string of the molecule is CCN(CC(=O)NC(C)c1cccc(Cl)c1)Cc1cccc(F)c1. The van der Waals surface area contributed by atoms with Crippen molar-refractivity contribution in [3.63, 3.8) is 0 Å². The molecule has 0 aliphatic carbocycles. The molecule has 2 aromatic rings. The molecule has 0 aromatic heterocycles. The Balaban J connectivity index is 1.91. The molecule has 1 unspecified atom stereocenters. The zero-order valence-electron chi connectivity index (χ0n) is 13.9. The van der Waals surface area contributed by atoms with Crippen LogP contribution in [-0.2, 0) is 11.3 Å². The number of halogens is 2. The Morgan fingerprint density at radius 1 is 1.25 bits per heavy atom. The Bertz CT molecular complexity index is 693. The Morgan fingerprint density at radius 2 is 2.00 bits per heavy atom. The average Bonchev–Trinajstić information content (AvgIpc) is 2.54. The lowest BCUT2D eigenvalue weighted by atomic mass is 10.1. The van der Waals surface area contributed by atoms with Gasteiger partial charge in [-0.15, -0.1) is 0 Å². The first-order valence-electron chi connectivity index (χ1n) is 7.99. The lowest BCUT2D eigenvalue weighted by molar-refractivity contribution is -0.123. The molecule has 24 heavy (non-hydrogen) atoms. The van der Waals surface area contributed by atoms with Crippen LogP contribution in [0.5, 0.6) is 0 Å². The number of nitrogens with one attached hydrogen (secondary N) is 1. The highest BCUT2D eigenvalue weighted by Crippen LogP contribution is 2.17. The third-order valence-corrected chi connectivity index (χ3v) is 4.07. The maximum absolute atomic E-state index is 13.3. The van der Waals surface area contributed by atoms with Gasteiger partial charge in [0.1, 0.15) is 5.82 Å². The molecule has 0 saturated carbocycles. The van der Waals surface area contributed by atoms with Crippen molar-refractivity contribution < 1.29 is 9.18 Å². The third-order valence-electron chi connectivity index (χ3n) is 3.84. The van der Waals surface area contributed by atoms with Gasteiger partial charge in [0.25, 0.3) is 0 Å². The van der Waals surface area contributed by atoms with Crippen molar-refractivity contribution in [3.05, 3.63) is 70.5 Å². The second-order valence-corrected chi connectivity index (χ2v) is 6.21. The number of rotatable bonds is 7. The van der Waals surface area contributed by atoms with E-state index in [9.17, 15) is 9.18 Å². The number of amides is 1. The minimum absolute atomic E-state index is 0.0688. The van der Waals surface area contributed by atoms with Gasteiger partial charge in [-0.25, -0.2) is 4.39 Å². The smallest absolute Gasteiger partial charge is 0.234 e. The lowest BCUT2D eigenvalue weighted by Crippen LogP contribution is -2.38. The van der Waals surface area contributed by atoms with E-state index in [0.29, 0.717) is 18.1 Å². The second kappa shape index (κ2) is 8.81. The minimum atomic E-state index is -0.261. The fraction of sp³-hybridized carbons (Fsp3) is 0.316. The molecule has 3 nitrogen and oxygen atoms in total. The van der Waals surface area contributed by atoms with Gasteiger partial charge < -0.3 is 5.32 Å². The highest BCUT2D eigenvalue weighted by atomic mass is 35.5. The van der Waals surface area contributed by atoms with Gasteiger partial charge in [0.2, 0.25) is 5.91 Å². The number of carbonyl (C=O) groups is 1. The van der Waals surface area contributed by atoms with Crippen LogP contribution in [0.25, 0.3) is 0 Å². The molecule has 0 fully saturated rings. The number of nitrogens with zero attached hydrogens (tertiary/aromatic N) is 1. The van der Waals surface area contributed by atoms with Gasteiger partial charge in [-0.05, 0) is 48.9 Å². The topological polar surface area (TPSA) is 32.3 Å².